The molecule has 33 heavy (non-hydrogen) atoms. The molecule has 7 nitrogen and oxygen atoms in total. The van der Waals surface area contributed by atoms with Gasteiger partial charge in [-0.05, 0) is 48.0 Å². The van der Waals surface area contributed by atoms with Gasteiger partial charge in [0.05, 0.1) is 17.8 Å². The molecule has 0 aliphatic carbocycles. The smallest absolute Gasteiger partial charge is 0.257 e. The van der Waals surface area contributed by atoms with Gasteiger partial charge in [-0.25, -0.2) is 0 Å². The normalized spacial score (nSPS) is 12.8. The average molecular weight is 440 g/mol. The van der Waals surface area contributed by atoms with Gasteiger partial charge in [-0.15, -0.1) is 0 Å². The van der Waals surface area contributed by atoms with Crippen LogP contribution in [-0.4, -0.2) is 42.7 Å². The number of rotatable bonds is 6. The molecule has 4 N–H and O–H groups in total. The SMILES string of the molecule is C=Cc1ccc(NC(=O)c2cc(N)ccc2NC(=O)c2ccc(C3=NCCN3C)cc2)cc1. The molecular weight excluding hydrogens is 414 g/mol. The second kappa shape index (κ2) is 9.40. The highest BCUT2D eigenvalue weighted by Crippen LogP contribution is 2.22. The Hall–Kier alpha value is -4.39. The van der Waals surface area contributed by atoms with Gasteiger partial charge in [-0.1, -0.05) is 36.9 Å². The topological polar surface area (TPSA) is 99.8 Å². The van der Waals surface area contributed by atoms with Crippen molar-refractivity contribution < 1.29 is 9.59 Å². The predicted octanol–water partition coefficient (Wildman–Crippen LogP) is 4.11. The summed E-state index contributed by atoms with van der Waals surface area (Å²) in [4.78, 5) is 32.4. The highest BCUT2D eigenvalue weighted by Gasteiger charge is 2.17. The Morgan fingerprint density at radius 2 is 1.73 bits per heavy atom. The number of benzene rings is 3. The molecule has 1 aliphatic heterocycles. The van der Waals surface area contributed by atoms with Crippen molar-refractivity contribution in [3.8, 4) is 0 Å². The molecule has 3 aromatic rings. The molecular formula is C26H25N5O2. The quantitative estimate of drug-likeness (QED) is 0.503. The van der Waals surface area contributed by atoms with Crippen LogP contribution in [0, 0.1) is 0 Å². The van der Waals surface area contributed by atoms with Crippen LogP contribution < -0.4 is 16.4 Å². The molecule has 1 aliphatic rings. The molecule has 0 spiro atoms. The van der Waals surface area contributed by atoms with E-state index in [0.717, 1.165) is 30.1 Å². The fraction of sp³-hybridized carbons (Fsp3) is 0.115. The van der Waals surface area contributed by atoms with Crippen molar-refractivity contribution in [1.82, 2.24) is 4.90 Å². The van der Waals surface area contributed by atoms with Crippen LogP contribution in [0.1, 0.15) is 31.8 Å². The summed E-state index contributed by atoms with van der Waals surface area (Å²) in [6, 6.07) is 19.3. The van der Waals surface area contributed by atoms with E-state index >= 15 is 0 Å². The second-order valence-electron chi connectivity index (χ2n) is 7.74. The molecule has 0 aromatic heterocycles. The fourth-order valence-corrected chi connectivity index (χ4v) is 3.57. The summed E-state index contributed by atoms with van der Waals surface area (Å²) in [5, 5.41) is 5.66. The highest BCUT2D eigenvalue weighted by molar-refractivity contribution is 6.13. The van der Waals surface area contributed by atoms with E-state index < -0.39 is 0 Å². The summed E-state index contributed by atoms with van der Waals surface area (Å²) < 4.78 is 0. The van der Waals surface area contributed by atoms with Crippen molar-refractivity contribution in [3.63, 3.8) is 0 Å². The maximum absolute atomic E-state index is 12.9. The largest absolute Gasteiger partial charge is 0.399 e. The van der Waals surface area contributed by atoms with Crippen LogP contribution in [0.4, 0.5) is 17.1 Å². The first-order valence-electron chi connectivity index (χ1n) is 10.6. The zero-order chi connectivity index (χ0) is 23.4. The molecule has 7 heteroatoms. The average Bonchev–Trinajstić information content (AvgIpc) is 3.26. The summed E-state index contributed by atoms with van der Waals surface area (Å²) in [6.45, 7) is 5.38. The van der Waals surface area contributed by atoms with Crippen molar-refractivity contribution in [3.05, 3.63) is 95.6 Å². The van der Waals surface area contributed by atoms with Crippen molar-refractivity contribution in [2.75, 3.05) is 36.5 Å². The lowest BCUT2D eigenvalue weighted by Gasteiger charge is -2.15. The van der Waals surface area contributed by atoms with E-state index in [9.17, 15) is 9.59 Å². The Balaban J connectivity index is 1.51. The standard InChI is InChI=1S/C26H25N5O2/c1-3-17-4-11-21(12-5-17)29-26(33)22-16-20(27)10-13-23(22)30-25(32)19-8-6-18(7-9-19)24-28-14-15-31(24)2/h3-13,16H,1,14-15,27H2,2H3,(H,29,33)(H,30,32). The third kappa shape index (κ3) is 4.93. The Morgan fingerprint density at radius 3 is 2.36 bits per heavy atom. The van der Waals surface area contributed by atoms with E-state index in [1.54, 1.807) is 48.5 Å². The first kappa shape index (κ1) is 21.8. The molecule has 3 aromatic carbocycles. The van der Waals surface area contributed by atoms with Crippen molar-refractivity contribution in [1.29, 1.82) is 0 Å². The third-order valence-electron chi connectivity index (χ3n) is 5.40. The number of nitrogens with zero attached hydrogens (tertiary/aromatic N) is 2. The number of nitrogen functional groups attached to an aromatic ring is 1. The molecule has 4 rings (SSSR count). The van der Waals surface area contributed by atoms with Crippen LogP contribution in [-0.2, 0) is 0 Å². The lowest BCUT2D eigenvalue weighted by molar-refractivity contribution is 0.102. The van der Waals surface area contributed by atoms with Crippen molar-refractivity contribution in [2.24, 2.45) is 4.99 Å². The number of carbonyl (C=O) groups is 2. The van der Waals surface area contributed by atoms with E-state index in [2.05, 4.69) is 27.1 Å². The van der Waals surface area contributed by atoms with E-state index in [1.807, 2.05) is 31.3 Å². The van der Waals surface area contributed by atoms with Gasteiger partial charge < -0.3 is 21.3 Å². The molecule has 0 unspecified atom stereocenters. The second-order valence-corrected chi connectivity index (χ2v) is 7.74. The maximum atomic E-state index is 12.9. The predicted molar refractivity (Wildman–Crippen MR) is 134 cm³/mol. The zero-order valence-corrected chi connectivity index (χ0v) is 18.3. The Kier molecular flexibility index (Phi) is 6.22. The van der Waals surface area contributed by atoms with Crippen molar-refractivity contribution >= 4 is 40.8 Å². The minimum absolute atomic E-state index is 0.273. The number of amidine groups is 1. The molecule has 0 saturated heterocycles. The summed E-state index contributed by atoms with van der Waals surface area (Å²) in [5.41, 5.74) is 9.98. The van der Waals surface area contributed by atoms with Gasteiger partial charge in [0.1, 0.15) is 5.84 Å². The fourth-order valence-electron chi connectivity index (χ4n) is 3.57. The van der Waals surface area contributed by atoms with Crippen LogP contribution in [0.5, 0.6) is 0 Å². The number of nitrogens with two attached hydrogens (primary N) is 1. The molecule has 0 saturated carbocycles. The number of likely N-dealkylation sites (N-methyl/N-ethyl adjacent to an activating group) is 1. The van der Waals surface area contributed by atoms with E-state index in [4.69, 9.17) is 5.73 Å². The lowest BCUT2D eigenvalue weighted by Crippen LogP contribution is -2.23. The Bertz CT molecular complexity index is 1230. The van der Waals surface area contributed by atoms with Gasteiger partial charge >= 0.3 is 0 Å². The first-order chi connectivity index (χ1) is 15.9. The van der Waals surface area contributed by atoms with Crippen LogP contribution in [0.15, 0.2) is 78.3 Å². The Morgan fingerprint density at radius 1 is 1.00 bits per heavy atom. The number of nitrogens with one attached hydrogen (secondary N) is 2. The molecule has 0 radical (unpaired) electrons. The van der Waals surface area contributed by atoms with E-state index in [1.165, 1.54) is 0 Å². The minimum atomic E-state index is -0.374. The van der Waals surface area contributed by atoms with Crippen LogP contribution >= 0.6 is 0 Å². The van der Waals surface area contributed by atoms with Crippen LogP contribution in [0.25, 0.3) is 6.08 Å². The summed E-state index contributed by atoms with van der Waals surface area (Å²) in [5.74, 6) is 0.222. The number of anilines is 3. The van der Waals surface area contributed by atoms with Gasteiger partial charge in [0.2, 0.25) is 0 Å². The van der Waals surface area contributed by atoms with Crippen LogP contribution in [0.2, 0.25) is 0 Å². The molecule has 0 atom stereocenters. The number of hydrogen-bond donors (Lipinski definition) is 3. The Labute approximate surface area is 192 Å². The number of hydrogen-bond acceptors (Lipinski definition) is 5. The van der Waals surface area contributed by atoms with Gasteiger partial charge in [-0.2, -0.15) is 0 Å². The number of amides is 2. The molecule has 0 bridgehead atoms. The summed E-state index contributed by atoms with van der Waals surface area (Å²) in [7, 11) is 1.99. The monoisotopic (exact) mass is 439 g/mol. The van der Waals surface area contributed by atoms with Gasteiger partial charge in [-0.3, -0.25) is 14.6 Å². The third-order valence-corrected chi connectivity index (χ3v) is 5.40. The van der Waals surface area contributed by atoms with Crippen LogP contribution in [0.3, 0.4) is 0 Å². The molecule has 2 amide bonds. The number of aliphatic imine (C=N–C) groups is 1. The number of carbonyl (C=O) groups excluding carboxylic acids is 2. The zero-order valence-electron chi connectivity index (χ0n) is 18.3. The molecule has 166 valence electrons. The van der Waals surface area contributed by atoms with Crippen molar-refractivity contribution in [2.45, 2.75) is 0 Å². The highest BCUT2D eigenvalue weighted by atomic mass is 16.2. The van der Waals surface area contributed by atoms with Gasteiger partial charge in [0.15, 0.2) is 0 Å². The van der Waals surface area contributed by atoms with E-state index in [-0.39, 0.29) is 17.4 Å². The molecule has 0 fully saturated rings. The summed E-state index contributed by atoms with van der Waals surface area (Å²) in [6.07, 6.45) is 1.73. The van der Waals surface area contributed by atoms with Gasteiger partial charge in [0.25, 0.3) is 11.8 Å². The maximum Gasteiger partial charge on any atom is 0.257 e. The van der Waals surface area contributed by atoms with E-state index in [0.29, 0.717) is 22.6 Å². The molecule has 1 heterocycles. The lowest BCUT2D eigenvalue weighted by atomic mass is 10.1. The minimum Gasteiger partial charge on any atom is -0.399 e. The first-order valence-corrected chi connectivity index (χ1v) is 10.6. The van der Waals surface area contributed by atoms with Gasteiger partial charge in [0, 0.05) is 36.1 Å². The summed E-state index contributed by atoms with van der Waals surface area (Å²) >= 11 is 0.